The lowest BCUT2D eigenvalue weighted by molar-refractivity contribution is 0.669. The van der Waals surface area contributed by atoms with Crippen LogP contribution in [0.1, 0.15) is 0 Å². The normalized spacial score (nSPS) is 11.8. The van der Waals surface area contributed by atoms with Gasteiger partial charge in [0.2, 0.25) is 5.69 Å². The molecule has 10 aromatic rings. The maximum atomic E-state index is 8.07. The molecule has 10 rings (SSSR count). The molecule has 218 valence electrons. The predicted octanol–water partition coefficient (Wildman–Crippen LogP) is 12.9. The third-order valence-corrected chi connectivity index (χ3v) is 10.7. The zero-order chi connectivity index (χ0) is 31.1. The maximum absolute atomic E-state index is 8.07. The summed E-state index contributed by atoms with van der Waals surface area (Å²) in [5.41, 5.74) is 10.6. The van der Waals surface area contributed by atoms with Gasteiger partial charge in [-0.3, -0.25) is 0 Å². The Bertz CT molecular complexity index is 2920. The highest BCUT2D eigenvalue weighted by molar-refractivity contribution is 7.27. The summed E-state index contributed by atoms with van der Waals surface area (Å²) in [6.07, 6.45) is 0. The third-order valence-electron chi connectivity index (χ3n) is 9.43. The lowest BCUT2D eigenvalue weighted by Crippen LogP contribution is -1.93. The van der Waals surface area contributed by atoms with E-state index >= 15 is 0 Å². The largest absolute Gasteiger partial charge is 0.456 e. The second kappa shape index (κ2) is 9.92. The third kappa shape index (κ3) is 3.78. The molecule has 0 atom stereocenters. The highest BCUT2D eigenvalue weighted by Crippen LogP contribution is 2.48. The monoisotopic (exact) mass is 616 g/mol. The average Bonchev–Trinajstić information content (AvgIpc) is 3.81. The molecule has 0 amide bonds. The zero-order valence-electron chi connectivity index (χ0n) is 25.1. The number of rotatable bonds is 3. The van der Waals surface area contributed by atoms with Gasteiger partial charge in [0.05, 0.1) is 28.0 Å². The molecule has 3 aromatic heterocycles. The number of furan rings is 1. The number of nitrogens with zero attached hydrogens (tertiary/aromatic N) is 2. The van der Waals surface area contributed by atoms with Crippen LogP contribution in [0.2, 0.25) is 0 Å². The lowest BCUT2D eigenvalue weighted by Gasteiger charge is -2.10. The van der Waals surface area contributed by atoms with Gasteiger partial charge in [0.1, 0.15) is 11.2 Å². The topological polar surface area (TPSA) is 22.4 Å². The molecule has 0 aliphatic rings. The van der Waals surface area contributed by atoms with Crippen molar-refractivity contribution in [2.45, 2.75) is 0 Å². The van der Waals surface area contributed by atoms with Crippen LogP contribution in [-0.2, 0) is 0 Å². The number of para-hydroxylation sites is 2. The molecular formula is C43H24N2OS. The summed E-state index contributed by atoms with van der Waals surface area (Å²) in [5.74, 6) is 0. The molecule has 7 aromatic carbocycles. The van der Waals surface area contributed by atoms with Gasteiger partial charge in [-0.1, -0.05) is 103 Å². The van der Waals surface area contributed by atoms with E-state index in [4.69, 9.17) is 11.0 Å². The summed E-state index contributed by atoms with van der Waals surface area (Å²) in [7, 11) is 0. The fourth-order valence-corrected chi connectivity index (χ4v) is 8.60. The minimum Gasteiger partial charge on any atom is -0.456 e. The van der Waals surface area contributed by atoms with Crippen LogP contribution >= 0.6 is 11.3 Å². The molecule has 0 bridgehead atoms. The number of hydrogen-bond donors (Lipinski definition) is 0. The van der Waals surface area contributed by atoms with Gasteiger partial charge in [0, 0.05) is 31.6 Å². The van der Waals surface area contributed by atoms with Crippen LogP contribution in [0.25, 0.3) is 96.7 Å². The fraction of sp³-hybridized carbons (Fsp3) is 0. The van der Waals surface area contributed by atoms with Crippen molar-refractivity contribution in [1.82, 2.24) is 4.57 Å². The Morgan fingerprint density at radius 2 is 1.23 bits per heavy atom. The summed E-state index contributed by atoms with van der Waals surface area (Å²) in [6, 6.07) is 51.3. The maximum Gasteiger partial charge on any atom is 0.204 e. The van der Waals surface area contributed by atoms with Gasteiger partial charge < -0.3 is 8.98 Å². The standard InChI is InChI=1S/C43H24N2OS/c1-44-35-21-20-29(28-19-23-40-34(25-28)31-13-6-8-17-39(31)46-40)41-32-14-9-16-38(42(32)47-43(35)41)45-36-15-7-5-12-30(36)33-24-27(18-22-37(33)45)26-10-3-2-4-11-26/h2-25H. The zero-order valence-corrected chi connectivity index (χ0v) is 25.9. The Morgan fingerprint density at radius 1 is 0.511 bits per heavy atom. The Morgan fingerprint density at radius 3 is 2.13 bits per heavy atom. The number of aromatic nitrogens is 1. The minimum atomic E-state index is 0.681. The predicted molar refractivity (Wildman–Crippen MR) is 198 cm³/mol. The summed E-state index contributed by atoms with van der Waals surface area (Å²) in [5, 5.41) is 6.94. The first-order valence-electron chi connectivity index (χ1n) is 15.6. The van der Waals surface area contributed by atoms with Crippen LogP contribution in [-0.4, -0.2) is 4.57 Å². The number of thiophene rings is 1. The molecule has 0 unspecified atom stereocenters. The molecule has 0 N–H and O–H groups in total. The van der Waals surface area contributed by atoms with Crippen molar-refractivity contribution in [2.75, 3.05) is 0 Å². The lowest BCUT2D eigenvalue weighted by atomic mass is 9.97. The summed E-state index contributed by atoms with van der Waals surface area (Å²) in [6.45, 7) is 8.07. The quantitative estimate of drug-likeness (QED) is 0.181. The molecule has 0 aliphatic heterocycles. The number of fused-ring (bicyclic) bond motifs is 9. The Labute approximate surface area is 274 Å². The van der Waals surface area contributed by atoms with Crippen LogP contribution in [0.4, 0.5) is 5.69 Å². The van der Waals surface area contributed by atoms with Crippen LogP contribution in [0.3, 0.4) is 0 Å². The Kier molecular flexibility index (Phi) is 5.51. The first kappa shape index (κ1) is 26.1. The van der Waals surface area contributed by atoms with E-state index < -0.39 is 0 Å². The highest BCUT2D eigenvalue weighted by atomic mass is 32.1. The van der Waals surface area contributed by atoms with Crippen LogP contribution in [0, 0.1) is 6.57 Å². The van der Waals surface area contributed by atoms with Crippen molar-refractivity contribution >= 4 is 80.9 Å². The first-order chi connectivity index (χ1) is 23.3. The van der Waals surface area contributed by atoms with Crippen molar-refractivity contribution in [3.05, 3.63) is 157 Å². The van der Waals surface area contributed by atoms with Gasteiger partial charge in [-0.25, -0.2) is 4.85 Å². The van der Waals surface area contributed by atoms with Crippen LogP contribution < -0.4 is 0 Å². The van der Waals surface area contributed by atoms with Crippen LogP contribution in [0.5, 0.6) is 0 Å². The Balaban J connectivity index is 1.25. The van der Waals surface area contributed by atoms with E-state index in [1.165, 1.54) is 37.6 Å². The van der Waals surface area contributed by atoms with E-state index in [1.54, 1.807) is 11.3 Å². The SMILES string of the molecule is [C-]#[N+]c1ccc(-c2ccc3oc4ccccc4c3c2)c2c1sc1c(-n3c4ccccc4c4cc(-c5ccccc5)ccc43)cccc12. The van der Waals surface area contributed by atoms with E-state index in [0.717, 1.165) is 54.2 Å². The van der Waals surface area contributed by atoms with E-state index in [-0.39, 0.29) is 0 Å². The van der Waals surface area contributed by atoms with E-state index in [9.17, 15) is 0 Å². The van der Waals surface area contributed by atoms with Gasteiger partial charge in [0.15, 0.2) is 0 Å². The summed E-state index contributed by atoms with van der Waals surface area (Å²) < 4.78 is 10.7. The van der Waals surface area contributed by atoms with E-state index in [2.05, 4.69) is 137 Å². The van der Waals surface area contributed by atoms with Crippen molar-refractivity contribution in [1.29, 1.82) is 0 Å². The molecule has 4 heteroatoms. The number of benzene rings is 7. The minimum absolute atomic E-state index is 0.681. The van der Waals surface area contributed by atoms with Crippen LogP contribution in [0.15, 0.2) is 150 Å². The number of hydrogen-bond acceptors (Lipinski definition) is 2. The molecule has 47 heavy (non-hydrogen) atoms. The van der Waals surface area contributed by atoms with E-state index in [1.807, 2.05) is 18.2 Å². The molecule has 0 fully saturated rings. The second-order valence-electron chi connectivity index (χ2n) is 12.0. The molecule has 0 radical (unpaired) electrons. The fourth-order valence-electron chi connectivity index (χ4n) is 7.31. The smallest absolute Gasteiger partial charge is 0.204 e. The van der Waals surface area contributed by atoms with Gasteiger partial charge in [-0.05, 0) is 70.1 Å². The van der Waals surface area contributed by atoms with Crippen molar-refractivity contribution in [3.63, 3.8) is 0 Å². The van der Waals surface area contributed by atoms with Gasteiger partial charge in [-0.15, -0.1) is 11.3 Å². The molecule has 0 aliphatic carbocycles. The Hall–Kier alpha value is -6.15. The summed E-state index contributed by atoms with van der Waals surface area (Å²) >= 11 is 1.72. The first-order valence-corrected chi connectivity index (χ1v) is 16.4. The molecule has 0 spiro atoms. The molecular weight excluding hydrogens is 593 g/mol. The molecule has 3 nitrogen and oxygen atoms in total. The van der Waals surface area contributed by atoms with Gasteiger partial charge >= 0.3 is 0 Å². The van der Waals surface area contributed by atoms with E-state index in [0.29, 0.717) is 5.69 Å². The summed E-state index contributed by atoms with van der Waals surface area (Å²) in [4.78, 5) is 3.98. The van der Waals surface area contributed by atoms with Gasteiger partial charge in [0.25, 0.3) is 0 Å². The highest BCUT2D eigenvalue weighted by Gasteiger charge is 2.20. The average molecular weight is 617 g/mol. The molecule has 3 heterocycles. The molecule has 0 saturated heterocycles. The van der Waals surface area contributed by atoms with Gasteiger partial charge in [-0.2, -0.15) is 0 Å². The van der Waals surface area contributed by atoms with Crippen molar-refractivity contribution in [2.24, 2.45) is 0 Å². The van der Waals surface area contributed by atoms with Crippen molar-refractivity contribution < 1.29 is 4.42 Å². The molecule has 0 saturated carbocycles. The van der Waals surface area contributed by atoms with Crippen molar-refractivity contribution in [3.8, 4) is 27.9 Å². The second-order valence-corrected chi connectivity index (χ2v) is 13.0.